The quantitative estimate of drug-likeness (QED) is 0.0645. The first-order valence-electron chi connectivity index (χ1n) is 21.0. The van der Waals surface area contributed by atoms with Crippen molar-refractivity contribution in [1.29, 1.82) is 0 Å². The largest absolute Gasteiger partial charge is 0.380 e. The average molecular weight is 661 g/mol. The minimum absolute atomic E-state index is 0.153. The molecule has 0 spiro atoms. The monoisotopic (exact) mass is 661 g/mol. The van der Waals surface area contributed by atoms with Crippen molar-refractivity contribution in [3.05, 3.63) is 69.8 Å². The number of benzene rings is 2. The van der Waals surface area contributed by atoms with Gasteiger partial charge in [-0.15, -0.1) is 0 Å². The fraction of sp³-hybridized carbons (Fsp3) is 0.717. The molecule has 0 amide bonds. The molecule has 2 aromatic rings. The molecular weight excluding hydrogens is 585 g/mol. The molecule has 0 aromatic heterocycles. The van der Waals surface area contributed by atoms with Crippen molar-refractivity contribution in [3.8, 4) is 0 Å². The van der Waals surface area contributed by atoms with Crippen molar-refractivity contribution in [2.24, 2.45) is 0 Å². The molecule has 1 atom stereocenters. The number of aliphatic hydroxyl groups excluding tert-OH is 1. The first kappa shape index (κ1) is 42.2. The molecule has 0 fully saturated rings. The minimum Gasteiger partial charge on any atom is -0.380 e. The van der Waals surface area contributed by atoms with Gasteiger partial charge in [0.05, 0.1) is 0 Å². The van der Waals surface area contributed by atoms with Crippen LogP contribution in [0.3, 0.4) is 0 Å². The molecule has 2 rings (SSSR count). The molecule has 48 heavy (non-hydrogen) atoms. The fourth-order valence-electron chi connectivity index (χ4n) is 7.24. The Bertz CT molecular complexity index is 1090. The smallest absolute Gasteiger partial charge is 0.195 e. The van der Waals surface area contributed by atoms with Gasteiger partial charge >= 0.3 is 0 Å². The third kappa shape index (κ3) is 17.6. The van der Waals surface area contributed by atoms with Crippen molar-refractivity contribution < 1.29 is 9.90 Å². The van der Waals surface area contributed by atoms with Crippen molar-refractivity contribution in [1.82, 2.24) is 0 Å². The Morgan fingerprint density at radius 2 is 0.771 bits per heavy atom. The highest BCUT2D eigenvalue weighted by molar-refractivity contribution is 6.00. The number of unbranched alkanes of at least 4 members (excludes halogenated alkanes) is 20. The van der Waals surface area contributed by atoms with Gasteiger partial charge in [-0.3, -0.25) is 4.79 Å². The van der Waals surface area contributed by atoms with Crippen LogP contribution in [-0.2, 0) is 25.7 Å². The van der Waals surface area contributed by atoms with E-state index >= 15 is 0 Å². The second-order valence-electron chi connectivity index (χ2n) is 14.8. The van der Waals surface area contributed by atoms with Gasteiger partial charge in [0.15, 0.2) is 5.78 Å². The predicted octanol–water partition coefficient (Wildman–Crippen LogP) is 14.2. The number of carbonyl (C=O) groups excluding carboxylic acids is 1. The molecule has 2 aromatic carbocycles. The van der Waals surface area contributed by atoms with Crippen LogP contribution in [0.25, 0.3) is 0 Å². The molecule has 0 saturated heterocycles. The Kier molecular flexibility index (Phi) is 24.5. The third-order valence-corrected chi connectivity index (χ3v) is 10.5. The summed E-state index contributed by atoms with van der Waals surface area (Å²) >= 11 is 0. The first-order chi connectivity index (χ1) is 23.5. The molecule has 0 aliphatic heterocycles. The van der Waals surface area contributed by atoms with Crippen LogP contribution in [0.5, 0.6) is 0 Å². The fourth-order valence-corrected chi connectivity index (χ4v) is 7.24. The van der Waals surface area contributed by atoms with Crippen LogP contribution in [0.15, 0.2) is 36.4 Å². The Morgan fingerprint density at radius 1 is 0.438 bits per heavy atom. The lowest BCUT2D eigenvalue weighted by molar-refractivity contribution is 0.0747. The maximum absolute atomic E-state index is 13.8. The Morgan fingerprint density at radius 3 is 1.19 bits per heavy atom. The topological polar surface area (TPSA) is 37.3 Å². The van der Waals surface area contributed by atoms with E-state index in [9.17, 15) is 9.90 Å². The summed E-state index contributed by atoms with van der Waals surface area (Å²) in [7, 11) is 0. The second-order valence-corrected chi connectivity index (χ2v) is 14.8. The molecule has 0 heterocycles. The van der Waals surface area contributed by atoms with Crippen LogP contribution < -0.4 is 0 Å². The van der Waals surface area contributed by atoms with E-state index in [0.717, 1.165) is 31.2 Å². The first-order valence-corrected chi connectivity index (χ1v) is 21.0. The van der Waals surface area contributed by atoms with Gasteiger partial charge in [-0.05, 0) is 85.3 Å². The van der Waals surface area contributed by atoms with Crippen LogP contribution in [0.4, 0.5) is 0 Å². The van der Waals surface area contributed by atoms with Crippen LogP contribution in [0.1, 0.15) is 226 Å². The predicted molar refractivity (Wildman–Crippen MR) is 210 cm³/mol. The van der Waals surface area contributed by atoms with Crippen LogP contribution in [0, 0.1) is 0 Å². The zero-order valence-electron chi connectivity index (χ0n) is 32.2. The van der Waals surface area contributed by atoms with E-state index in [4.69, 9.17) is 0 Å². The number of aryl methyl sites for hydroxylation is 4. The summed E-state index contributed by atoms with van der Waals surface area (Å²) in [6.45, 7) is 9.09. The van der Waals surface area contributed by atoms with Gasteiger partial charge < -0.3 is 5.11 Å². The summed E-state index contributed by atoms with van der Waals surface area (Å²) in [5.74, 6) is -0.153. The van der Waals surface area contributed by atoms with Crippen LogP contribution in [0.2, 0.25) is 0 Å². The third-order valence-electron chi connectivity index (χ3n) is 10.5. The number of hydrogen-bond donors (Lipinski definition) is 1. The molecule has 0 saturated carbocycles. The maximum Gasteiger partial charge on any atom is 0.195 e. The highest BCUT2D eigenvalue weighted by atomic mass is 16.3. The number of aliphatic hydroxyl groups is 1. The molecule has 2 nitrogen and oxygen atoms in total. The number of ketones is 1. The lowest BCUT2D eigenvalue weighted by Crippen LogP contribution is -2.14. The van der Waals surface area contributed by atoms with Gasteiger partial charge in [0.25, 0.3) is 0 Å². The molecule has 2 heteroatoms. The van der Waals surface area contributed by atoms with Gasteiger partial charge in [0, 0.05) is 5.56 Å². The van der Waals surface area contributed by atoms with Gasteiger partial charge in [0.1, 0.15) is 6.10 Å². The SMILES string of the molecule is CCCCCCCCc1ccc(C(=O)C(O)c2ccc(CCCCCCCC)c(CCCCCCCC)c2)cc1CCCCCCCC. The lowest BCUT2D eigenvalue weighted by atomic mass is 9.90. The molecule has 1 N–H and O–H groups in total. The molecular formula is C46H76O2. The number of Topliss-reactive ketones (excluding diaryl/α,β-unsaturated/α-hetero) is 1. The van der Waals surface area contributed by atoms with Crippen molar-refractivity contribution >= 4 is 5.78 Å². The number of hydrogen-bond acceptors (Lipinski definition) is 2. The van der Waals surface area contributed by atoms with Crippen molar-refractivity contribution in [2.75, 3.05) is 0 Å². The molecule has 0 aliphatic rings. The lowest BCUT2D eigenvalue weighted by Gasteiger charge is -2.17. The highest BCUT2D eigenvalue weighted by Crippen LogP contribution is 2.27. The van der Waals surface area contributed by atoms with Gasteiger partial charge in [-0.2, -0.15) is 0 Å². The Labute approximate surface area is 298 Å². The normalized spacial score (nSPS) is 12.1. The van der Waals surface area contributed by atoms with E-state index in [1.807, 2.05) is 12.1 Å². The number of carbonyl (C=O) groups is 1. The summed E-state index contributed by atoms with van der Waals surface area (Å²) in [4.78, 5) is 13.8. The van der Waals surface area contributed by atoms with E-state index in [1.54, 1.807) is 0 Å². The molecule has 0 aliphatic carbocycles. The van der Waals surface area contributed by atoms with Crippen LogP contribution in [-0.4, -0.2) is 10.9 Å². The average Bonchev–Trinajstić information content (AvgIpc) is 3.11. The number of rotatable bonds is 31. The van der Waals surface area contributed by atoms with Gasteiger partial charge in [-0.25, -0.2) is 0 Å². The van der Waals surface area contributed by atoms with Crippen LogP contribution >= 0.6 is 0 Å². The van der Waals surface area contributed by atoms with Crippen molar-refractivity contribution in [3.63, 3.8) is 0 Å². The minimum atomic E-state index is -1.11. The van der Waals surface area contributed by atoms with E-state index in [-0.39, 0.29) is 5.78 Å². The van der Waals surface area contributed by atoms with Gasteiger partial charge in [0.2, 0.25) is 0 Å². The summed E-state index contributed by atoms with van der Waals surface area (Å²) in [6.07, 6.45) is 34.1. The molecule has 0 radical (unpaired) electrons. The maximum atomic E-state index is 13.8. The summed E-state index contributed by atoms with van der Waals surface area (Å²) in [5, 5.41) is 11.5. The Hall–Kier alpha value is -1.93. The molecule has 272 valence electrons. The molecule has 0 bridgehead atoms. The standard InChI is InChI=1S/C46H76O2/c1-5-9-13-17-21-25-29-39-33-35-43(37-41(39)31-27-23-19-15-11-7-3)45(47)46(48)44-36-34-40(30-26-22-18-14-10-6-2)42(38-44)32-28-24-20-16-12-8-4/h33-38,45,47H,5-32H2,1-4H3. The second kappa shape index (κ2) is 27.8. The zero-order chi connectivity index (χ0) is 34.7. The van der Waals surface area contributed by atoms with E-state index in [1.165, 1.54) is 176 Å². The van der Waals surface area contributed by atoms with E-state index < -0.39 is 6.10 Å². The van der Waals surface area contributed by atoms with E-state index in [0.29, 0.717) is 5.56 Å². The van der Waals surface area contributed by atoms with Crippen molar-refractivity contribution in [2.45, 2.75) is 214 Å². The van der Waals surface area contributed by atoms with Gasteiger partial charge in [-0.1, -0.05) is 186 Å². The molecule has 1 unspecified atom stereocenters. The van der Waals surface area contributed by atoms with E-state index in [2.05, 4.69) is 52.0 Å². The summed E-state index contributed by atoms with van der Waals surface area (Å²) in [6, 6.07) is 12.7. The highest BCUT2D eigenvalue weighted by Gasteiger charge is 2.21. The Balaban J connectivity index is 2.15. The zero-order valence-corrected chi connectivity index (χ0v) is 32.2. The summed E-state index contributed by atoms with van der Waals surface area (Å²) in [5.41, 5.74) is 6.94. The summed E-state index contributed by atoms with van der Waals surface area (Å²) < 4.78 is 0.